The Labute approximate surface area is 123 Å². The SMILES string of the molecule is CCCN(CCO)Cc1cc(Cl)c2cccnc2c1O. The zero-order valence-electron chi connectivity index (χ0n) is 11.5. The molecule has 0 saturated carbocycles. The number of pyridine rings is 1. The molecule has 4 nitrogen and oxygen atoms in total. The first-order valence-electron chi connectivity index (χ1n) is 6.75. The van der Waals surface area contributed by atoms with Gasteiger partial charge in [0.25, 0.3) is 0 Å². The number of aliphatic hydroxyl groups is 1. The fourth-order valence-electron chi connectivity index (χ4n) is 2.33. The van der Waals surface area contributed by atoms with Gasteiger partial charge < -0.3 is 10.2 Å². The van der Waals surface area contributed by atoms with Crippen LogP contribution in [0.5, 0.6) is 5.75 Å². The van der Waals surface area contributed by atoms with Crippen LogP contribution in [-0.4, -0.2) is 39.8 Å². The van der Waals surface area contributed by atoms with E-state index in [-0.39, 0.29) is 12.4 Å². The molecule has 1 aromatic carbocycles. The molecular weight excluding hydrogens is 276 g/mol. The van der Waals surface area contributed by atoms with Crippen molar-refractivity contribution in [2.75, 3.05) is 19.7 Å². The summed E-state index contributed by atoms with van der Waals surface area (Å²) in [6, 6.07) is 5.41. The van der Waals surface area contributed by atoms with E-state index in [0.717, 1.165) is 23.9 Å². The monoisotopic (exact) mass is 294 g/mol. The second kappa shape index (κ2) is 6.88. The number of halogens is 1. The molecule has 0 aliphatic rings. The highest BCUT2D eigenvalue weighted by Crippen LogP contribution is 2.33. The van der Waals surface area contributed by atoms with Gasteiger partial charge in [0.05, 0.1) is 11.6 Å². The second-order valence-electron chi connectivity index (χ2n) is 4.77. The first-order chi connectivity index (χ1) is 9.67. The van der Waals surface area contributed by atoms with Gasteiger partial charge in [0.15, 0.2) is 0 Å². The Balaban J connectivity index is 2.36. The average Bonchev–Trinajstić information content (AvgIpc) is 2.45. The van der Waals surface area contributed by atoms with E-state index < -0.39 is 0 Å². The molecule has 20 heavy (non-hydrogen) atoms. The molecule has 0 fully saturated rings. The van der Waals surface area contributed by atoms with E-state index in [9.17, 15) is 5.11 Å². The summed E-state index contributed by atoms with van der Waals surface area (Å²) in [5.41, 5.74) is 1.26. The first-order valence-corrected chi connectivity index (χ1v) is 7.13. The third-order valence-corrected chi connectivity index (χ3v) is 3.56. The van der Waals surface area contributed by atoms with E-state index in [4.69, 9.17) is 16.7 Å². The van der Waals surface area contributed by atoms with Crippen LogP contribution in [0, 0.1) is 0 Å². The lowest BCUT2D eigenvalue weighted by Gasteiger charge is -2.21. The molecule has 0 aliphatic carbocycles. The molecule has 0 unspecified atom stereocenters. The number of fused-ring (bicyclic) bond motifs is 1. The summed E-state index contributed by atoms with van der Waals surface area (Å²) in [6.45, 7) is 4.16. The maximum absolute atomic E-state index is 10.3. The molecule has 0 atom stereocenters. The molecule has 2 N–H and O–H groups in total. The van der Waals surface area contributed by atoms with Crippen molar-refractivity contribution >= 4 is 22.5 Å². The van der Waals surface area contributed by atoms with E-state index in [2.05, 4.69) is 16.8 Å². The van der Waals surface area contributed by atoms with Gasteiger partial charge in [0, 0.05) is 30.2 Å². The van der Waals surface area contributed by atoms with Gasteiger partial charge >= 0.3 is 0 Å². The van der Waals surface area contributed by atoms with Crippen LogP contribution in [-0.2, 0) is 6.54 Å². The summed E-state index contributed by atoms with van der Waals surface area (Å²) in [5.74, 6) is 0.170. The number of nitrogens with zero attached hydrogens (tertiary/aromatic N) is 2. The second-order valence-corrected chi connectivity index (χ2v) is 5.17. The Morgan fingerprint density at radius 2 is 2.15 bits per heavy atom. The van der Waals surface area contributed by atoms with Gasteiger partial charge in [-0.1, -0.05) is 18.5 Å². The molecular formula is C15H19ClN2O2. The topological polar surface area (TPSA) is 56.6 Å². The summed E-state index contributed by atoms with van der Waals surface area (Å²) in [7, 11) is 0. The minimum absolute atomic E-state index is 0.0975. The summed E-state index contributed by atoms with van der Waals surface area (Å²) in [6.07, 6.45) is 2.63. The Morgan fingerprint density at radius 3 is 2.85 bits per heavy atom. The summed E-state index contributed by atoms with van der Waals surface area (Å²) in [4.78, 5) is 6.28. The molecule has 1 aromatic heterocycles. The number of phenols is 1. The third kappa shape index (κ3) is 3.20. The fourth-order valence-corrected chi connectivity index (χ4v) is 2.61. The Bertz CT molecular complexity index is 583. The largest absolute Gasteiger partial charge is 0.505 e. The Morgan fingerprint density at radius 1 is 1.35 bits per heavy atom. The summed E-state index contributed by atoms with van der Waals surface area (Å²) in [5, 5.41) is 20.8. The Hall–Kier alpha value is -1.36. The summed E-state index contributed by atoms with van der Waals surface area (Å²) < 4.78 is 0. The van der Waals surface area contributed by atoms with Crippen molar-refractivity contribution in [3.8, 4) is 5.75 Å². The van der Waals surface area contributed by atoms with Crippen molar-refractivity contribution < 1.29 is 10.2 Å². The zero-order chi connectivity index (χ0) is 14.5. The predicted octanol–water partition coefficient (Wildman–Crippen LogP) is 2.80. The lowest BCUT2D eigenvalue weighted by molar-refractivity contribution is 0.189. The third-order valence-electron chi connectivity index (χ3n) is 3.24. The van der Waals surface area contributed by atoms with Gasteiger partial charge in [-0.3, -0.25) is 9.88 Å². The quantitative estimate of drug-likeness (QED) is 0.860. The molecule has 0 radical (unpaired) electrons. The Kier molecular flexibility index (Phi) is 5.17. The maximum Gasteiger partial charge on any atom is 0.146 e. The molecule has 108 valence electrons. The van der Waals surface area contributed by atoms with Crippen LogP contribution in [0.25, 0.3) is 10.9 Å². The highest BCUT2D eigenvalue weighted by molar-refractivity contribution is 6.35. The van der Waals surface area contributed by atoms with Crippen LogP contribution in [0.3, 0.4) is 0 Å². The smallest absolute Gasteiger partial charge is 0.146 e. The molecule has 2 aromatic rings. The van der Waals surface area contributed by atoms with Crippen molar-refractivity contribution in [3.63, 3.8) is 0 Å². The number of benzene rings is 1. The molecule has 0 saturated heterocycles. The highest BCUT2D eigenvalue weighted by Gasteiger charge is 2.14. The van der Waals surface area contributed by atoms with E-state index >= 15 is 0 Å². The van der Waals surface area contributed by atoms with Gasteiger partial charge in [-0.05, 0) is 31.2 Å². The van der Waals surface area contributed by atoms with Crippen LogP contribution in [0.4, 0.5) is 0 Å². The molecule has 0 bridgehead atoms. The number of hydrogen-bond donors (Lipinski definition) is 2. The minimum Gasteiger partial charge on any atom is -0.505 e. The van der Waals surface area contributed by atoms with Gasteiger partial charge in [0.2, 0.25) is 0 Å². The van der Waals surface area contributed by atoms with Crippen LogP contribution in [0.1, 0.15) is 18.9 Å². The molecule has 0 amide bonds. The van der Waals surface area contributed by atoms with Gasteiger partial charge in [-0.2, -0.15) is 0 Å². The number of aromatic nitrogens is 1. The molecule has 1 heterocycles. The summed E-state index contributed by atoms with van der Waals surface area (Å²) >= 11 is 6.25. The number of aromatic hydroxyl groups is 1. The first kappa shape index (κ1) is 15.0. The number of aliphatic hydroxyl groups excluding tert-OH is 1. The van der Waals surface area contributed by atoms with Crippen molar-refractivity contribution in [1.29, 1.82) is 0 Å². The molecule has 5 heteroatoms. The standard InChI is InChI=1S/C15H19ClN2O2/c1-2-6-18(7-8-19)10-11-9-13(16)12-4-3-5-17-14(12)15(11)20/h3-5,9,19-20H,2,6-8,10H2,1H3. The van der Waals surface area contributed by atoms with E-state index in [1.807, 2.05) is 6.07 Å². The number of rotatable bonds is 6. The average molecular weight is 295 g/mol. The minimum atomic E-state index is 0.0975. The van der Waals surface area contributed by atoms with E-state index in [1.165, 1.54) is 0 Å². The van der Waals surface area contributed by atoms with Crippen LogP contribution in [0.2, 0.25) is 5.02 Å². The van der Waals surface area contributed by atoms with Crippen molar-refractivity contribution in [3.05, 3.63) is 35.0 Å². The number of hydrogen-bond acceptors (Lipinski definition) is 4. The van der Waals surface area contributed by atoms with E-state index in [0.29, 0.717) is 23.6 Å². The van der Waals surface area contributed by atoms with Gasteiger partial charge in [-0.25, -0.2) is 0 Å². The molecule has 0 aliphatic heterocycles. The van der Waals surface area contributed by atoms with Crippen LogP contribution < -0.4 is 0 Å². The lowest BCUT2D eigenvalue weighted by Crippen LogP contribution is -2.27. The lowest BCUT2D eigenvalue weighted by atomic mass is 10.1. The predicted molar refractivity (Wildman–Crippen MR) is 81.1 cm³/mol. The highest BCUT2D eigenvalue weighted by atomic mass is 35.5. The van der Waals surface area contributed by atoms with Crippen molar-refractivity contribution in [1.82, 2.24) is 9.88 Å². The molecule has 0 spiro atoms. The van der Waals surface area contributed by atoms with E-state index in [1.54, 1.807) is 18.3 Å². The van der Waals surface area contributed by atoms with Crippen LogP contribution in [0.15, 0.2) is 24.4 Å². The molecule has 2 rings (SSSR count). The van der Waals surface area contributed by atoms with Gasteiger partial charge in [-0.15, -0.1) is 0 Å². The normalized spacial score (nSPS) is 11.4. The van der Waals surface area contributed by atoms with Crippen molar-refractivity contribution in [2.45, 2.75) is 19.9 Å². The zero-order valence-corrected chi connectivity index (χ0v) is 12.3. The fraction of sp³-hybridized carbons (Fsp3) is 0.400. The van der Waals surface area contributed by atoms with Crippen molar-refractivity contribution in [2.24, 2.45) is 0 Å². The van der Waals surface area contributed by atoms with Crippen LogP contribution >= 0.6 is 11.6 Å². The van der Waals surface area contributed by atoms with Gasteiger partial charge in [0.1, 0.15) is 11.3 Å². The number of phenolic OH excluding ortho intramolecular Hbond substituents is 1. The maximum atomic E-state index is 10.3.